The molecular weight excluding hydrogens is 224 g/mol. The van der Waals surface area contributed by atoms with Crippen molar-refractivity contribution in [3.63, 3.8) is 0 Å². The fourth-order valence-electron chi connectivity index (χ4n) is 2.61. The Morgan fingerprint density at radius 3 is 2.31 bits per heavy atom. The molecule has 2 aliphatic heterocycles. The Hall–Kier alpha value is -0.280. The van der Waals surface area contributed by atoms with Crippen molar-refractivity contribution >= 4 is 18.3 Å². The molecule has 2 fully saturated rings. The maximum atomic E-state index is 12.2. The molecule has 1 N–H and O–H groups in total. The average Bonchev–Trinajstić information content (AvgIpc) is 2.58. The lowest BCUT2D eigenvalue weighted by Crippen LogP contribution is -2.43. The van der Waals surface area contributed by atoms with Gasteiger partial charge in [-0.15, -0.1) is 12.4 Å². The van der Waals surface area contributed by atoms with Crippen LogP contribution in [0.2, 0.25) is 0 Å². The summed E-state index contributed by atoms with van der Waals surface area (Å²) in [6.45, 7) is 3.98. The first-order valence-corrected chi connectivity index (χ1v) is 6.37. The summed E-state index contributed by atoms with van der Waals surface area (Å²) in [6, 6.07) is 0. The van der Waals surface area contributed by atoms with Crippen molar-refractivity contribution < 1.29 is 4.79 Å². The van der Waals surface area contributed by atoms with Crippen LogP contribution in [0.3, 0.4) is 0 Å². The summed E-state index contributed by atoms with van der Waals surface area (Å²) in [4.78, 5) is 14.3. The molecule has 0 spiro atoms. The largest absolute Gasteiger partial charge is 0.342 e. The molecule has 1 atom stereocenters. The quantitative estimate of drug-likeness (QED) is 0.766. The Morgan fingerprint density at radius 1 is 1.06 bits per heavy atom. The van der Waals surface area contributed by atoms with E-state index < -0.39 is 0 Å². The van der Waals surface area contributed by atoms with Crippen LogP contribution in [0.4, 0.5) is 0 Å². The third-order valence-electron chi connectivity index (χ3n) is 3.56. The molecule has 0 aromatic rings. The average molecular weight is 247 g/mol. The molecule has 94 valence electrons. The van der Waals surface area contributed by atoms with Crippen LogP contribution in [0.25, 0.3) is 0 Å². The molecule has 16 heavy (non-hydrogen) atoms. The van der Waals surface area contributed by atoms with Gasteiger partial charge in [0.25, 0.3) is 0 Å². The summed E-state index contributed by atoms with van der Waals surface area (Å²) in [7, 11) is 0. The van der Waals surface area contributed by atoms with E-state index in [2.05, 4.69) is 10.2 Å². The monoisotopic (exact) mass is 246 g/mol. The van der Waals surface area contributed by atoms with E-state index >= 15 is 0 Å². The van der Waals surface area contributed by atoms with Crippen LogP contribution in [0.5, 0.6) is 0 Å². The second-order valence-corrected chi connectivity index (χ2v) is 4.78. The number of rotatable bonds is 1. The third kappa shape index (κ3) is 3.63. The molecule has 0 aromatic heterocycles. The van der Waals surface area contributed by atoms with E-state index in [9.17, 15) is 4.79 Å². The zero-order chi connectivity index (χ0) is 10.5. The SMILES string of the molecule is Cl.O=C([C@H]1CCCNC1)N1CCCCCC1. The highest BCUT2D eigenvalue weighted by atomic mass is 35.5. The number of halogens is 1. The van der Waals surface area contributed by atoms with Crippen LogP contribution in [0.1, 0.15) is 38.5 Å². The lowest BCUT2D eigenvalue weighted by atomic mass is 9.98. The summed E-state index contributed by atoms with van der Waals surface area (Å²) in [5.41, 5.74) is 0. The van der Waals surface area contributed by atoms with Gasteiger partial charge in [0, 0.05) is 19.6 Å². The van der Waals surface area contributed by atoms with Crippen molar-refractivity contribution in [2.75, 3.05) is 26.2 Å². The lowest BCUT2D eigenvalue weighted by molar-refractivity contribution is -0.136. The molecule has 0 bridgehead atoms. The molecule has 0 saturated carbocycles. The minimum absolute atomic E-state index is 0. The number of nitrogens with zero attached hydrogens (tertiary/aromatic N) is 1. The molecule has 2 heterocycles. The van der Waals surface area contributed by atoms with E-state index in [1.807, 2.05) is 0 Å². The van der Waals surface area contributed by atoms with Gasteiger partial charge in [-0.3, -0.25) is 4.79 Å². The van der Waals surface area contributed by atoms with Crippen molar-refractivity contribution in [3.05, 3.63) is 0 Å². The van der Waals surface area contributed by atoms with E-state index in [-0.39, 0.29) is 18.3 Å². The molecule has 0 unspecified atom stereocenters. The zero-order valence-electron chi connectivity index (χ0n) is 9.91. The van der Waals surface area contributed by atoms with Crippen LogP contribution in [0, 0.1) is 5.92 Å². The first-order chi connectivity index (χ1) is 7.38. The smallest absolute Gasteiger partial charge is 0.226 e. The highest BCUT2D eigenvalue weighted by Gasteiger charge is 2.25. The first kappa shape index (κ1) is 13.8. The van der Waals surface area contributed by atoms with Crippen molar-refractivity contribution in [2.45, 2.75) is 38.5 Å². The number of amides is 1. The second-order valence-electron chi connectivity index (χ2n) is 4.78. The van der Waals surface area contributed by atoms with E-state index in [0.29, 0.717) is 5.91 Å². The highest BCUT2D eigenvalue weighted by Crippen LogP contribution is 2.17. The number of piperidine rings is 1. The first-order valence-electron chi connectivity index (χ1n) is 6.37. The minimum atomic E-state index is 0. The van der Waals surface area contributed by atoms with Crippen LogP contribution >= 0.6 is 12.4 Å². The number of nitrogens with one attached hydrogen (secondary N) is 1. The van der Waals surface area contributed by atoms with E-state index in [1.165, 1.54) is 25.7 Å². The third-order valence-corrected chi connectivity index (χ3v) is 3.56. The fourth-order valence-corrected chi connectivity index (χ4v) is 2.61. The fraction of sp³-hybridized carbons (Fsp3) is 0.917. The molecule has 2 saturated heterocycles. The summed E-state index contributed by atoms with van der Waals surface area (Å²) in [5, 5.41) is 3.32. The minimum Gasteiger partial charge on any atom is -0.342 e. The van der Waals surface area contributed by atoms with Crippen molar-refractivity contribution in [3.8, 4) is 0 Å². The van der Waals surface area contributed by atoms with Gasteiger partial charge >= 0.3 is 0 Å². The van der Waals surface area contributed by atoms with Crippen LogP contribution in [-0.2, 0) is 4.79 Å². The molecule has 2 rings (SSSR count). The van der Waals surface area contributed by atoms with E-state index in [0.717, 1.165) is 39.0 Å². The van der Waals surface area contributed by atoms with E-state index in [1.54, 1.807) is 0 Å². The van der Waals surface area contributed by atoms with Crippen LogP contribution < -0.4 is 5.32 Å². The van der Waals surface area contributed by atoms with Gasteiger partial charge < -0.3 is 10.2 Å². The molecule has 2 aliphatic rings. The second kappa shape index (κ2) is 7.13. The Kier molecular flexibility index (Phi) is 6.14. The van der Waals surface area contributed by atoms with Crippen molar-refractivity contribution in [2.24, 2.45) is 5.92 Å². The lowest BCUT2D eigenvalue weighted by Gasteiger charge is -2.28. The maximum Gasteiger partial charge on any atom is 0.226 e. The molecule has 1 amide bonds. The maximum absolute atomic E-state index is 12.2. The molecular formula is C12H23ClN2O. The molecule has 3 nitrogen and oxygen atoms in total. The van der Waals surface area contributed by atoms with Crippen LogP contribution in [0.15, 0.2) is 0 Å². The van der Waals surface area contributed by atoms with Gasteiger partial charge in [-0.1, -0.05) is 12.8 Å². The Morgan fingerprint density at radius 2 is 1.75 bits per heavy atom. The van der Waals surface area contributed by atoms with Crippen molar-refractivity contribution in [1.82, 2.24) is 10.2 Å². The summed E-state index contributed by atoms with van der Waals surface area (Å²) in [6.07, 6.45) is 7.24. The van der Waals surface area contributed by atoms with Gasteiger partial charge in [0.1, 0.15) is 0 Å². The molecule has 4 heteroatoms. The normalized spacial score (nSPS) is 26.8. The van der Waals surface area contributed by atoms with E-state index in [4.69, 9.17) is 0 Å². The predicted octanol–water partition coefficient (Wildman–Crippen LogP) is 1.81. The summed E-state index contributed by atoms with van der Waals surface area (Å²) < 4.78 is 0. The van der Waals surface area contributed by atoms with Gasteiger partial charge in [-0.25, -0.2) is 0 Å². The molecule has 0 radical (unpaired) electrons. The predicted molar refractivity (Wildman–Crippen MR) is 67.9 cm³/mol. The number of hydrogen-bond donors (Lipinski definition) is 1. The molecule has 0 aliphatic carbocycles. The molecule has 0 aromatic carbocycles. The van der Waals surface area contributed by atoms with Gasteiger partial charge in [-0.2, -0.15) is 0 Å². The Bertz CT molecular complexity index is 209. The summed E-state index contributed by atoms with van der Waals surface area (Å²) >= 11 is 0. The Balaban J connectivity index is 0.00000128. The van der Waals surface area contributed by atoms with Gasteiger partial charge in [0.05, 0.1) is 5.92 Å². The van der Waals surface area contributed by atoms with Gasteiger partial charge in [-0.05, 0) is 32.2 Å². The zero-order valence-corrected chi connectivity index (χ0v) is 10.7. The highest BCUT2D eigenvalue weighted by molar-refractivity contribution is 5.85. The standard InChI is InChI=1S/C12H22N2O.ClH/c15-12(11-6-5-7-13-10-11)14-8-3-1-2-4-9-14;/h11,13H,1-10H2;1H/t11-;/m0./s1. The number of carbonyl (C=O) groups excluding carboxylic acids is 1. The van der Waals surface area contributed by atoms with Gasteiger partial charge in [0.15, 0.2) is 0 Å². The van der Waals surface area contributed by atoms with Gasteiger partial charge in [0.2, 0.25) is 5.91 Å². The number of hydrogen-bond acceptors (Lipinski definition) is 2. The van der Waals surface area contributed by atoms with Crippen LogP contribution in [-0.4, -0.2) is 37.0 Å². The topological polar surface area (TPSA) is 32.3 Å². The van der Waals surface area contributed by atoms with Crippen molar-refractivity contribution in [1.29, 1.82) is 0 Å². The number of carbonyl (C=O) groups is 1. The summed E-state index contributed by atoms with van der Waals surface area (Å²) in [5.74, 6) is 0.668. The Labute approximate surface area is 104 Å². The number of likely N-dealkylation sites (tertiary alicyclic amines) is 1.